The Morgan fingerprint density at radius 3 is 2.15 bits per heavy atom. The molecule has 169 valence electrons. The van der Waals surface area contributed by atoms with Gasteiger partial charge in [-0.25, -0.2) is 0 Å². The average Bonchev–Trinajstić information content (AvgIpc) is 3.37. The second-order valence-electron chi connectivity index (χ2n) is 9.85. The van der Waals surface area contributed by atoms with E-state index in [-0.39, 0.29) is 24.8 Å². The van der Waals surface area contributed by atoms with Gasteiger partial charge in [-0.1, -0.05) is 18.7 Å². The second-order valence-corrected chi connectivity index (χ2v) is 17.0. The number of allylic oxidation sites excluding steroid dienone is 2. The Balaban J connectivity index is 0.000000182. The van der Waals surface area contributed by atoms with Crippen LogP contribution in [0.1, 0.15) is 55.0 Å². The molecule has 5 heteroatoms. The Morgan fingerprint density at radius 1 is 0.879 bits per heavy atom. The van der Waals surface area contributed by atoms with E-state index in [0.717, 1.165) is 5.54 Å². The third-order valence-corrected chi connectivity index (χ3v) is 14.5. The molecular weight excluding hydrogens is 559 g/mol. The summed E-state index contributed by atoms with van der Waals surface area (Å²) < 4.78 is 0.651. The normalized spacial score (nSPS) is 20.4. The maximum Gasteiger partial charge on any atom is -1.00 e. The van der Waals surface area contributed by atoms with E-state index in [1.165, 1.54) is 38.3 Å². The summed E-state index contributed by atoms with van der Waals surface area (Å²) in [5.74, 6) is 0. The molecule has 0 nitrogen and oxygen atoms in total. The third-order valence-electron chi connectivity index (χ3n) is 7.26. The Kier molecular flexibility index (Phi) is 7.94. The van der Waals surface area contributed by atoms with E-state index in [1.54, 1.807) is 45.9 Å². The summed E-state index contributed by atoms with van der Waals surface area (Å²) in [6, 6.07) is 18.0. The SMILES string of the molecule is CC1=C2c3sc(C)cc3C1[Si]2(C)C.CC1=Cc2c(-c3ccc(C)cc3)cccc2[CH]1[Zr+2].[Cl-].[Cl-]. The summed E-state index contributed by atoms with van der Waals surface area (Å²) in [4.78, 5) is 3.14. The van der Waals surface area contributed by atoms with Crippen LogP contribution in [0.3, 0.4) is 0 Å². The molecule has 3 aromatic rings. The van der Waals surface area contributed by atoms with Crippen LogP contribution in [0.15, 0.2) is 59.7 Å². The Bertz CT molecular complexity index is 1270. The summed E-state index contributed by atoms with van der Waals surface area (Å²) in [6.07, 6.45) is 2.36. The molecule has 0 saturated heterocycles. The second kappa shape index (κ2) is 9.75. The fourth-order valence-corrected chi connectivity index (χ4v) is 13.0. The van der Waals surface area contributed by atoms with Crippen LogP contribution in [0.2, 0.25) is 13.1 Å². The number of thiophene rings is 1. The van der Waals surface area contributed by atoms with Gasteiger partial charge in [-0.15, -0.1) is 11.3 Å². The zero-order valence-electron chi connectivity index (χ0n) is 20.0. The van der Waals surface area contributed by atoms with Crippen molar-refractivity contribution in [3.05, 3.63) is 91.7 Å². The van der Waals surface area contributed by atoms with Crippen molar-refractivity contribution in [1.82, 2.24) is 0 Å². The van der Waals surface area contributed by atoms with E-state index in [1.807, 2.05) is 11.3 Å². The zero-order chi connectivity index (χ0) is 22.1. The number of hydrogen-bond donors (Lipinski definition) is 0. The van der Waals surface area contributed by atoms with Crippen molar-refractivity contribution >= 4 is 30.7 Å². The number of benzene rings is 2. The molecule has 0 saturated carbocycles. The molecule has 1 aromatic heterocycles. The van der Waals surface area contributed by atoms with Gasteiger partial charge in [0.05, 0.1) is 8.07 Å². The van der Waals surface area contributed by atoms with Gasteiger partial charge in [0, 0.05) is 15.3 Å². The third kappa shape index (κ3) is 4.27. The molecule has 0 N–H and O–H groups in total. The van der Waals surface area contributed by atoms with Crippen LogP contribution in [-0.2, 0) is 24.7 Å². The summed E-state index contributed by atoms with van der Waals surface area (Å²) in [5, 5.41) is 1.78. The van der Waals surface area contributed by atoms with Gasteiger partial charge in [0.2, 0.25) is 0 Å². The van der Waals surface area contributed by atoms with Crippen molar-refractivity contribution in [2.24, 2.45) is 0 Å². The topological polar surface area (TPSA) is 0 Å². The fraction of sp³-hybridized carbons (Fsp3) is 0.286. The summed E-state index contributed by atoms with van der Waals surface area (Å²) in [6.45, 7) is 14.0. The molecular formula is C28H29Cl2SSiZr. The van der Waals surface area contributed by atoms with Crippen molar-refractivity contribution in [2.75, 3.05) is 0 Å². The molecule has 0 amide bonds. The van der Waals surface area contributed by atoms with E-state index < -0.39 is 8.07 Å². The molecule has 0 spiro atoms. The molecule has 7 rings (SSSR count). The Labute approximate surface area is 231 Å². The predicted octanol–water partition coefficient (Wildman–Crippen LogP) is 2.40. The van der Waals surface area contributed by atoms with Crippen LogP contribution < -0.4 is 24.8 Å². The van der Waals surface area contributed by atoms with Gasteiger partial charge in [0.1, 0.15) is 0 Å². The fourth-order valence-electron chi connectivity index (χ4n) is 5.83. The monoisotopic (exact) mass is 585 g/mol. The quantitative estimate of drug-likeness (QED) is 0.384. The minimum absolute atomic E-state index is 0. The molecule has 2 atom stereocenters. The molecule has 2 aliphatic carbocycles. The minimum atomic E-state index is -0.995. The maximum absolute atomic E-state index is 2.52. The molecule has 0 fully saturated rings. The molecule has 33 heavy (non-hydrogen) atoms. The summed E-state index contributed by atoms with van der Waals surface area (Å²) in [7, 11) is -0.995. The van der Waals surface area contributed by atoms with E-state index >= 15 is 0 Å². The van der Waals surface area contributed by atoms with Crippen molar-refractivity contribution in [3.63, 3.8) is 0 Å². The first-order valence-electron chi connectivity index (χ1n) is 11.1. The molecule has 2 unspecified atom stereocenters. The van der Waals surface area contributed by atoms with Gasteiger partial charge in [-0.05, 0) is 30.7 Å². The van der Waals surface area contributed by atoms with Gasteiger partial charge < -0.3 is 24.8 Å². The van der Waals surface area contributed by atoms with Crippen LogP contribution >= 0.6 is 11.3 Å². The van der Waals surface area contributed by atoms with E-state index in [2.05, 4.69) is 95.4 Å². The molecule has 2 bridgehead atoms. The first kappa shape index (κ1) is 26.9. The molecule has 4 aliphatic rings. The Morgan fingerprint density at radius 2 is 1.55 bits per heavy atom. The predicted molar refractivity (Wildman–Crippen MR) is 135 cm³/mol. The van der Waals surface area contributed by atoms with Gasteiger partial charge in [0.15, 0.2) is 0 Å². The number of rotatable bonds is 1. The maximum atomic E-state index is 2.52. The smallest absolute Gasteiger partial charge is 1.00 e. The molecule has 2 aromatic carbocycles. The van der Waals surface area contributed by atoms with Crippen molar-refractivity contribution in [2.45, 2.75) is 50.0 Å². The average molecular weight is 588 g/mol. The largest absolute Gasteiger partial charge is 1.00 e. The molecule has 0 radical (unpaired) electrons. The van der Waals surface area contributed by atoms with Gasteiger partial charge in [-0.3, -0.25) is 0 Å². The van der Waals surface area contributed by atoms with Gasteiger partial charge >= 0.3 is 124 Å². The van der Waals surface area contributed by atoms with Crippen LogP contribution in [-0.4, -0.2) is 8.07 Å². The minimum Gasteiger partial charge on any atom is -1.00 e. The summed E-state index contributed by atoms with van der Waals surface area (Å²) >= 11 is 3.60. The van der Waals surface area contributed by atoms with Crippen LogP contribution in [0, 0.1) is 13.8 Å². The van der Waals surface area contributed by atoms with Crippen LogP contribution in [0.4, 0.5) is 0 Å². The Hall–Kier alpha value is -0.700. The van der Waals surface area contributed by atoms with Crippen molar-refractivity contribution < 1.29 is 49.5 Å². The first-order valence-corrected chi connectivity index (χ1v) is 16.4. The van der Waals surface area contributed by atoms with Gasteiger partial charge in [-0.2, -0.15) is 0 Å². The van der Waals surface area contributed by atoms with Crippen LogP contribution in [0.25, 0.3) is 22.4 Å². The number of fused-ring (bicyclic) bond motifs is 1. The van der Waals surface area contributed by atoms with Gasteiger partial charge in [0.25, 0.3) is 0 Å². The van der Waals surface area contributed by atoms with Crippen molar-refractivity contribution in [1.29, 1.82) is 0 Å². The standard InChI is InChI=1S/C17H15.C11H14SSi.2ClH.Zr/c1-12-6-8-14(9-7-12)16-5-3-4-15-10-13(2)11-17(15)16;1-6-5-8-9(12-6)11-7(2)10(8)13(11,3)4;;;/h3-11H,1-2H3;5,10H,1-4H3;2*1H;/q;;;;+2/p-2. The molecule has 3 heterocycles. The first-order chi connectivity index (χ1) is 14.7. The zero-order valence-corrected chi connectivity index (χ0v) is 25.8. The van der Waals surface area contributed by atoms with E-state index in [4.69, 9.17) is 0 Å². The van der Waals surface area contributed by atoms with Crippen molar-refractivity contribution in [3.8, 4) is 11.1 Å². The molecule has 2 aliphatic heterocycles. The van der Waals surface area contributed by atoms with E-state index in [9.17, 15) is 0 Å². The van der Waals surface area contributed by atoms with E-state index in [0.29, 0.717) is 3.63 Å². The summed E-state index contributed by atoms with van der Waals surface area (Å²) in [5.41, 5.74) is 12.7. The number of aryl methyl sites for hydroxylation is 2. The van der Waals surface area contributed by atoms with Crippen LogP contribution in [0.5, 0.6) is 0 Å². The number of halogens is 2. The number of hydrogen-bond acceptors (Lipinski definition) is 1.